The molecule has 2 saturated heterocycles. The van der Waals surface area contributed by atoms with Crippen LogP contribution < -0.4 is 4.74 Å². The zero-order valence-electron chi connectivity index (χ0n) is 42.9. The van der Waals surface area contributed by atoms with E-state index in [1.54, 1.807) is 41.1 Å². The Bertz CT molecular complexity index is 2040. The third-order valence-electron chi connectivity index (χ3n) is 15.0. The molecule has 1 saturated carbocycles. The number of piperidine rings is 1. The summed E-state index contributed by atoms with van der Waals surface area (Å²) in [6.45, 7) is 12.7. The number of allylic oxidation sites excluding steroid dienone is 6. The number of nitrogens with zero attached hydrogens (tertiary/aromatic N) is 4. The number of ether oxygens (including phenoxy) is 6. The topological polar surface area (TPSA) is 239 Å². The van der Waals surface area contributed by atoms with Gasteiger partial charge in [0.2, 0.25) is 5.79 Å². The lowest BCUT2D eigenvalue weighted by Gasteiger charge is -2.42. The van der Waals surface area contributed by atoms with E-state index in [0.717, 1.165) is 12.0 Å². The molecule has 0 unspecified atom stereocenters. The van der Waals surface area contributed by atoms with E-state index in [4.69, 9.17) is 28.4 Å². The van der Waals surface area contributed by atoms with Crippen molar-refractivity contribution in [3.8, 4) is 6.01 Å². The maximum absolute atomic E-state index is 14.5. The first-order valence-corrected chi connectivity index (χ1v) is 25.2. The Labute approximate surface area is 413 Å². The van der Waals surface area contributed by atoms with Gasteiger partial charge >= 0.3 is 12.0 Å². The van der Waals surface area contributed by atoms with Gasteiger partial charge in [0, 0.05) is 58.5 Å². The third kappa shape index (κ3) is 14.6. The van der Waals surface area contributed by atoms with Crippen LogP contribution in [0.3, 0.4) is 0 Å². The zero-order chi connectivity index (χ0) is 51.3. The highest BCUT2D eigenvalue weighted by Gasteiger charge is 2.53. The molecule has 4 heterocycles. The number of Topliss-reactive ketones (excluding diaryl/α,β-unsaturated/α-hetero) is 3. The second-order valence-corrected chi connectivity index (χ2v) is 20.4. The van der Waals surface area contributed by atoms with Crippen LogP contribution in [-0.2, 0) is 47.7 Å². The number of carbonyl (C=O) groups is 5. The van der Waals surface area contributed by atoms with E-state index in [2.05, 4.69) is 20.6 Å². The quantitative estimate of drug-likeness (QED) is 0.159. The normalized spacial score (nSPS) is 38.3. The first kappa shape index (κ1) is 56.5. The number of hydrogen-bond acceptors (Lipinski definition) is 16. The number of methoxy groups -OCH3 is 3. The Morgan fingerprint density at radius 1 is 0.886 bits per heavy atom. The van der Waals surface area contributed by atoms with Crippen molar-refractivity contribution in [2.24, 2.45) is 35.5 Å². The lowest BCUT2D eigenvalue weighted by molar-refractivity contribution is -0.265. The Balaban J connectivity index is 1.45. The van der Waals surface area contributed by atoms with E-state index in [0.29, 0.717) is 63.4 Å². The highest BCUT2D eigenvalue weighted by molar-refractivity contribution is 6.39. The minimum Gasteiger partial charge on any atom is -0.460 e. The predicted octanol–water partition coefficient (Wildman–Crippen LogP) is 5.78. The van der Waals surface area contributed by atoms with Gasteiger partial charge in [-0.15, -0.1) is 0 Å². The molecule has 3 N–H and O–H groups in total. The highest BCUT2D eigenvalue weighted by Crippen LogP contribution is 2.38. The molecular weight excluding hydrogens is 903 g/mol. The predicted molar refractivity (Wildman–Crippen MR) is 258 cm³/mol. The van der Waals surface area contributed by atoms with Crippen LogP contribution in [0.5, 0.6) is 6.01 Å². The number of aliphatic hydroxyl groups is 2. The summed E-state index contributed by atoms with van der Waals surface area (Å²) in [5, 5.41) is 37.3. The first-order valence-electron chi connectivity index (χ1n) is 25.2. The molecule has 18 heteroatoms. The Hall–Kier alpha value is -4.46. The van der Waals surface area contributed by atoms with Crippen LogP contribution in [0.15, 0.2) is 47.6 Å². The van der Waals surface area contributed by atoms with Crippen molar-refractivity contribution < 1.29 is 62.6 Å². The van der Waals surface area contributed by atoms with Crippen LogP contribution in [0.1, 0.15) is 126 Å². The number of amides is 1. The Morgan fingerprint density at radius 3 is 2.33 bits per heavy atom. The van der Waals surface area contributed by atoms with Gasteiger partial charge in [-0.05, 0) is 112 Å². The fraction of sp³-hybridized carbons (Fsp3) is 0.731. The number of tetrazole rings is 1. The van der Waals surface area contributed by atoms with Crippen LogP contribution in [0.4, 0.5) is 0 Å². The summed E-state index contributed by atoms with van der Waals surface area (Å²) >= 11 is 0. The number of fused-ring (bicyclic) bond motifs is 3. The van der Waals surface area contributed by atoms with E-state index in [1.165, 1.54) is 12.0 Å². The second-order valence-electron chi connectivity index (χ2n) is 20.4. The fourth-order valence-corrected chi connectivity index (χ4v) is 10.6. The van der Waals surface area contributed by atoms with Crippen molar-refractivity contribution >= 4 is 29.2 Å². The van der Waals surface area contributed by atoms with Crippen LogP contribution >= 0.6 is 0 Å². The van der Waals surface area contributed by atoms with Crippen molar-refractivity contribution in [2.75, 3.05) is 27.9 Å². The van der Waals surface area contributed by atoms with Gasteiger partial charge in [-0.3, -0.25) is 19.2 Å². The van der Waals surface area contributed by atoms with Crippen LogP contribution in [0.25, 0.3) is 0 Å². The summed E-state index contributed by atoms with van der Waals surface area (Å²) in [6, 6.07) is -1.03. The van der Waals surface area contributed by atoms with Gasteiger partial charge in [0.1, 0.15) is 36.2 Å². The summed E-state index contributed by atoms with van der Waals surface area (Å²) in [4.78, 5) is 72.3. The van der Waals surface area contributed by atoms with Crippen LogP contribution in [0, 0.1) is 35.5 Å². The molecule has 2 bridgehead atoms. The molecule has 0 radical (unpaired) electrons. The summed E-state index contributed by atoms with van der Waals surface area (Å²) in [5.41, 5.74) is 1.26. The molecule has 0 aromatic carbocycles. The van der Waals surface area contributed by atoms with Gasteiger partial charge in [0.05, 0.1) is 18.3 Å². The smallest absolute Gasteiger partial charge is 0.356 e. The van der Waals surface area contributed by atoms with Gasteiger partial charge in [-0.2, -0.15) is 5.21 Å². The van der Waals surface area contributed by atoms with E-state index < -0.39 is 77.8 Å². The average molecular weight is 982 g/mol. The number of H-pyrrole nitrogens is 1. The number of carbonyl (C=O) groups excluding carboxylic acids is 5. The van der Waals surface area contributed by atoms with E-state index in [9.17, 15) is 34.2 Å². The largest absolute Gasteiger partial charge is 0.460 e. The van der Waals surface area contributed by atoms with E-state index in [-0.39, 0.29) is 66.9 Å². The maximum Gasteiger partial charge on any atom is 0.356 e. The number of aliphatic hydroxyl groups excluding tert-OH is 1. The molecule has 18 nitrogen and oxygen atoms in total. The number of nitrogens with one attached hydrogen (secondary N) is 1. The monoisotopic (exact) mass is 982 g/mol. The first-order chi connectivity index (χ1) is 33.3. The van der Waals surface area contributed by atoms with Gasteiger partial charge < -0.3 is 43.5 Å². The van der Waals surface area contributed by atoms with Crippen molar-refractivity contribution in [3.63, 3.8) is 0 Å². The number of esters is 1. The molecule has 1 amide bonds. The molecule has 4 aliphatic rings. The minimum atomic E-state index is -2.44. The molecule has 390 valence electrons. The SMILES string of the molecule is CO[C@H]1C[C@@H]2CC[C@@H](C)[C@@](O)(O2)C(=O)C(=O)N2CCCC[C@H]2C(=O)O[C@H]([C@H](C)C[C@H]2CC[C@@H](Oc3nn[nH]n3)[C@H](OC)C2)CC(=O)[C@H](C)/C=C(\C)[C@@H](O)[C@@H](OC)C(=O)[C@H](C)C[C@H](C)/C=C/C=C/C=C/1C. The molecule has 1 aliphatic carbocycles. The Morgan fingerprint density at radius 2 is 1.64 bits per heavy atom. The molecule has 1 aromatic rings. The second kappa shape index (κ2) is 26.3. The van der Waals surface area contributed by atoms with Crippen molar-refractivity contribution in [1.29, 1.82) is 0 Å². The zero-order valence-corrected chi connectivity index (χ0v) is 42.9. The fourth-order valence-electron chi connectivity index (χ4n) is 10.6. The van der Waals surface area contributed by atoms with Gasteiger partial charge in [0.15, 0.2) is 5.78 Å². The van der Waals surface area contributed by atoms with Crippen molar-refractivity contribution in [3.05, 3.63) is 47.6 Å². The Kier molecular flexibility index (Phi) is 21.2. The van der Waals surface area contributed by atoms with Gasteiger partial charge in [0.25, 0.3) is 11.7 Å². The number of aromatic nitrogens is 4. The lowest BCUT2D eigenvalue weighted by atomic mass is 9.78. The third-order valence-corrected chi connectivity index (χ3v) is 15.0. The molecular formula is C52H79N5O13. The van der Waals surface area contributed by atoms with Crippen molar-refractivity contribution in [1.82, 2.24) is 25.5 Å². The van der Waals surface area contributed by atoms with Crippen molar-refractivity contribution in [2.45, 2.75) is 180 Å². The number of hydrogen-bond donors (Lipinski definition) is 3. The standard InChI is InChI=1S/C52H79N5O13/c1-30-16-12-11-13-17-31(2)42(65-8)28-38-21-19-36(7)52(64,70-38)48(61)49(62)57-23-15-14-18-39(57)50(63)68-43(29-40(58)32(3)25-35(6)46(60)47(67-10)45(59)34(5)24-30)33(4)26-37-20-22-41(44(27-37)66-9)69-51-53-55-56-54-51/h11-13,16-17,25,30,32-34,36-39,41-44,46-47,60,64H,14-15,18-24,26-29H2,1-10H3,(H,53,54,55,56)/b13-11+,16-12+,31-17+,35-25+/t30-,32-,33-,34-,36-,37-,38+,39+,41-,42+,43+,44-,46-,47+,52-/m1/s1. The number of ketones is 3. The summed E-state index contributed by atoms with van der Waals surface area (Å²) in [7, 11) is 4.57. The minimum absolute atomic E-state index is 0.0120. The number of rotatable bonds is 8. The molecule has 0 spiro atoms. The molecule has 3 fully saturated rings. The van der Waals surface area contributed by atoms with Gasteiger partial charge in [-0.1, -0.05) is 81.3 Å². The molecule has 70 heavy (non-hydrogen) atoms. The lowest BCUT2D eigenvalue weighted by Crippen LogP contribution is -2.61. The molecule has 5 rings (SSSR count). The number of aromatic amines is 1. The van der Waals surface area contributed by atoms with E-state index >= 15 is 0 Å². The summed E-state index contributed by atoms with van der Waals surface area (Å²) in [6.07, 6.45) is 11.5. The summed E-state index contributed by atoms with van der Waals surface area (Å²) in [5.74, 6) is -8.09. The van der Waals surface area contributed by atoms with E-state index in [1.807, 2.05) is 58.1 Å². The average Bonchev–Trinajstić information content (AvgIpc) is 3.86. The molecule has 1 aromatic heterocycles. The molecule has 3 aliphatic heterocycles. The molecule has 15 atom stereocenters. The summed E-state index contributed by atoms with van der Waals surface area (Å²) < 4.78 is 35.7. The van der Waals surface area contributed by atoms with Crippen LogP contribution in [0.2, 0.25) is 0 Å². The number of cyclic esters (lactones) is 1. The van der Waals surface area contributed by atoms with Crippen LogP contribution in [-0.4, -0.2) is 147 Å². The highest BCUT2D eigenvalue weighted by atomic mass is 16.6. The van der Waals surface area contributed by atoms with Gasteiger partial charge in [-0.25, -0.2) is 4.79 Å². The maximum atomic E-state index is 14.5.